The highest BCUT2D eigenvalue weighted by atomic mass is 32.2. The maximum atomic E-state index is 11.7. The minimum absolute atomic E-state index is 0.120. The molecular weight excluding hydrogens is 348 g/mol. The van der Waals surface area contributed by atoms with Crippen molar-refractivity contribution in [2.24, 2.45) is 0 Å². The standard InChI is InChI=1S/C15H18N4O3S2/c1-22-14(21)5-2-8-16-13(20)10-24-15-17-12(18-19-15)7-6-11-4-3-9-23-11/h3-4,6-7,9H,2,5,8,10H2,1H3,(H,16,20)(H,17,18,19)/b7-6+. The molecule has 0 atom stereocenters. The Kier molecular flexibility index (Phi) is 7.50. The number of hydrogen-bond acceptors (Lipinski definition) is 7. The highest BCUT2D eigenvalue weighted by molar-refractivity contribution is 7.99. The second-order valence-corrected chi connectivity index (χ2v) is 6.59. The van der Waals surface area contributed by atoms with E-state index < -0.39 is 0 Å². The monoisotopic (exact) mass is 366 g/mol. The number of methoxy groups -OCH3 is 1. The zero-order valence-corrected chi connectivity index (χ0v) is 14.8. The predicted octanol–water partition coefficient (Wildman–Crippen LogP) is 2.20. The van der Waals surface area contributed by atoms with Crippen molar-refractivity contribution in [2.75, 3.05) is 19.4 Å². The number of thioether (sulfide) groups is 1. The summed E-state index contributed by atoms with van der Waals surface area (Å²) in [5.41, 5.74) is 0. The number of H-pyrrole nitrogens is 1. The maximum absolute atomic E-state index is 11.7. The third-order valence-electron chi connectivity index (χ3n) is 2.87. The summed E-state index contributed by atoms with van der Waals surface area (Å²) in [6, 6.07) is 3.99. The van der Waals surface area contributed by atoms with Crippen molar-refractivity contribution in [1.29, 1.82) is 0 Å². The molecule has 2 rings (SSSR count). The Morgan fingerprint density at radius 3 is 3.08 bits per heavy atom. The lowest BCUT2D eigenvalue weighted by atomic mass is 10.3. The topological polar surface area (TPSA) is 97.0 Å². The number of carbonyl (C=O) groups excluding carboxylic acids is 2. The highest BCUT2D eigenvalue weighted by Crippen LogP contribution is 2.14. The second kappa shape index (κ2) is 9.89. The first-order valence-corrected chi connectivity index (χ1v) is 9.14. The molecule has 0 unspecified atom stereocenters. The number of nitrogens with zero attached hydrogens (tertiary/aromatic N) is 2. The van der Waals surface area contributed by atoms with Crippen LogP contribution in [-0.4, -0.2) is 46.5 Å². The van der Waals surface area contributed by atoms with Gasteiger partial charge in [0.15, 0.2) is 0 Å². The zero-order valence-electron chi connectivity index (χ0n) is 13.2. The van der Waals surface area contributed by atoms with Crippen LogP contribution in [0.5, 0.6) is 0 Å². The Labute approximate surface area is 147 Å². The van der Waals surface area contributed by atoms with Gasteiger partial charge in [0.2, 0.25) is 11.1 Å². The lowest BCUT2D eigenvalue weighted by molar-refractivity contribution is -0.140. The number of aromatic nitrogens is 3. The van der Waals surface area contributed by atoms with Gasteiger partial charge in [-0.1, -0.05) is 17.8 Å². The molecule has 0 aliphatic rings. The fourth-order valence-corrected chi connectivity index (χ4v) is 2.94. The van der Waals surface area contributed by atoms with Crippen molar-refractivity contribution in [3.63, 3.8) is 0 Å². The Bertz CT molecular complexity index is 683. The summed E-state index contributed by atoms with van der Waals surface area (Å²) in [5.74, 6) is 0.474. The van der Waals surface area contributed by atoms with E-state index in [1.165, 1.54) is 18.9 Å². The number of nitrogens with one attached hydrogen (secondary N) is 2. The van der Waals surface area contributed by atoms with Crippen LogP contribution in [0.25, 0.3) is 12.2 Å². The zero-order chi connectivity index (χ0) is 17.2. The van der Waals surface area contributed by atoms with Crippen molar-refractivity contribution in [2.45, 2.75) is 18.0 Å². The molecule has 0 bridgehead atoms. The Balaban J connectivity index is 1.67. The molecule has 24 heavy (non-hydrogen) atoms. The van der Waals surface area contributed by atoms with E-state index in [1.54, 1.807) is 11.3 Å². The molecule has 2 aromatic heterocycles. The number of ether oxygens (including phenoxy) is 1. The second-order valence-electron chi connectivity index (χ2n) is 4.67. The van der Waals surface area contributed by atoms with Gasteiger partial charge in [-0.25, -0.2) is 4.98 Å². The van der Waals surface area contributed by atoms with Crippen molar-refractivity contribution in [3.8, 4) is 0 Å². The first kappa shape index (κ1) is 18.2. The van der Waals surface area contributed by atoms with Crippen LogP contribution in [0.1, 0.15) is 23.5 Å². The van der Waals surface area contributed by atoms with Crippen LogP contribution in [0.3, 0.4) is 0 Å². The lowest BCUT2D eigenvalue weighted by Crippen LogP contribution is -2.26. The summed E-state index contributed by atoms with van der Waals surface area (Å²) < 4.78 is 4.53. The first-order valence-electron chi connectivity index (χ1n) is 7.27. The fraction of sp³-hybridized carbons (Fsp3) is 0.333. The molecule has 0 aliphatic heterocycles. The lowest BCUT2D eigenvalue weighted by Gasteiger charge is -2.03. The van der Waals surface area contributed by atoms with E-state index in [0.29, 0.717) is 30.4 Å². The van der Waals surface area contributed by atoms with E-state index in [4.69, 9.17) is 0 Å². The Hall–Kier alpha value is -2.13. The summed E-state index contributed by atoms with van der Waals surface area (Å²) in [4.78, 5) is 28.0. The average molecular weight is 366 g/mol. The maximum Gasteiger partial charge on any atom is 0.305 e. The van der Waals surface area contributed by atoms with E-state index in [0.717, 1.165) is 4.88 Å². The van der Waals surface area contributed by atoms with Crippen LogP contribution in [0.15, 0.2) is 22.7 Å². The number of amides is 1. The molecule has 2 N–H and O–H groups in total. The molecule has 0 spiro atoms. The molecule has 7 nitrogen and oxygen atoms in total. The fourth-order valence-electron chi connectivity index (χ4n) is 1.69. The minimum atomic E-state index is -0.275. The number of thiophene rings is 1. The number of rotatable bonds is 9. The van der Waals surface area contributed by atoms with Crippen molar-refractivity contribution < 1.29 is 14.3 Å². The SMILES string of the molecule is COC(=O)CCCNC(=O)CSc1n[nH]c(/C=C/c2cccs2)n1. The number of hydrogen-bond donors (Lipinski definition) is 2. The van der Waals surface area contributed by atoms with Crippen LogP contribution < -0.4 is 5.32 Å². The first-order chi connectivity index (χ1) is 11.7. The molecule has 0 radical (unpaired) electrons. The van der Waals surface area contributed by atoms with Gasteiger partial charge >= 0.3 is 5.97 Å². The van der Waals surface area contributed by atoms with Crippen LogP contribution in [-0.2, 0) is 14.3 Å². The summed E-state index contributed by atoms with van der Waals surface area (Å²) in [5, 5.41) is 12.1. The summed E-state index contributed by atoms with van der Waals surface area (Å²) in [6.07, 6.45) is 4.65. The van der Waals surface area contributed by atoms with Gasteiger partial charge in [0.25, 0.3) is 0 Å². The number of carbonyl (C=O) groups is 2. The molecule has 0 saturated carbocycles. The molecule has 2 heterocycles. The molecule has 9 heteroatoms. The van der Waals surface area contributed by atoms with E-state index >= 15 is 0 Å². The summed E-state index contributed by atoms with van der Waals surface area (Å²) >= 11 is 2.89. The minimum Gasteiger partial charge on any atom is -0.469 e. The van der Waals surface area contributed by atoms with E-state index in [9.17, 15) is 9.59 Å². The van der Waals surface area contributed by atoms with Crippen LogP contribution in [0, 0.1) is 0 Å². The van der Waals surface area contributed by atoms with E-state index in [2.05, 4.69) is 25.2 Å². The van der Waals surface area contributed by atoms with Crippen LogP contribution in [0.4, 0.5) is 0 Å². The Morgan fingerprint density at radius 2 is 2.33 bits per heavy atom. The number of aromatic amines is 1. The van der Waals surface area contributed by atoms with Gasteiger partial charge < -0.3 is 10.1 Å². The largest absolute Gasteiger partial charge is 0.469 e. The average Bonchev–Trinajstić information content (AvgIpc) is 3.26. The smallest absolute Gasteiger partial charge is 0.305 e. The van der Waals surface area contributed by atoms with Crippen LogP contribution >= 0.6 is 23.1 Å². The molecule has 0 saturated heterocycles. The number of esters is 1. The molecule has 0 aliphatic carbocycles. The Morgan fingerprint density at radius 1 is 1.46 bits per heavy atom. The van der Waals surface area contributed by atoms with Gasteiger partial charge in [-0.15, -0.1) is 16.4 Å². The van der Waals surface area contributed by atoms with Crippen molar-refractivity contribution in [3.05, 3.63) is 28.2 Å². The molecular formula is C15H18N4O3S2. The highest BCUT2D eigenvalue weighted by Gasteiger charge is 2.07. The normalized spacial score (nSPS) is 10.9. The van der Waals surface area contributed by atoms with Gasteiger partial charge in [-0.05, 0) is 30.0 Å². The quantitative estimate of drug-likeness (QED) is 0.401. The van der Waals surface area contributed by atoms with Crippen LogP contribution in [0.2, 0.25) is 0 Å². The van der Waals surface area contributed by atoms with Gasteiger partial charge in [0.05, 0.1) is 12.9 Å². The third-order valence-corrected chi connectivity index (χ3v) is 4.56. The molecule has 0 aromatic carbocycles. The van der Waals surface area contributed by atoms with Gasteiger partial charge in [0.1, 0.15) is 5.82 Å². The molecule has 128 valence electrons. The van der Waals surface area contributed by atoms with E-state index in [1.807, 2.05) is 29.7 Å². The van der Waals surface area contributed by atoms with Gasteiger partial charge in [0, 0.05) is 17.8 Å². The summed E-state index contributed by atoms with van der Waals surface area (Å²) in [6.45, 7) is 0.442. The molecule has 1 amide bonds. The summed E-state index contributed by atoms with van der Waals surface area (Å²) in [7, 11) is 1.35. The van der Waals surface area contributed by atoms with Crippen molar-refractivity contribution in [1.82, 2.24) is 20.5 Å². The molecule has 0 fully saturated rings. The van der Waals surface area contributed by atoms with Gasteiger partial charge in [-0.3, -0.25) is 14.7 Å². The molecule has 2 aromatic rings. The van der Waals surface area contributed by atoms with E-state index in [-0.39, 0.29) is 17.6 Å². The van der Waals surface area contributed by atoms with Crippen molar-refractivity contribution >= 4 is 47.1 Å². The van der Waals surface area contributed by atoms with Gasteiger partial charge in [-0.2, -0.15) is 0 Å². The predicted molar refractivity (Wildman–Crippen MR) is 94.6 cm³/mol. The third kappa shape index (κ3) is 6.55.